The van der Waals surface area contributed by atoms with Crippen LogP contribution in [0.1, 0.15) is 32.0 Å². The maximum Gasteiger partial charge on any atom is 0.136 e. The SMILES string of the molecule is CCCCCn1c(COC)nc2c(N)cccc21. The van der Waals surface area contributed by atoms with E-state index >= 15 is 0 Å². The number of hydrogen-bond acceptors (Lipinski definition) is 3. The van der Waals surface area contributed by atoms with Crippen LogP contribution in [0.5, 0.6) is 0 Å². The zero-order valence-electron chi connectivity index (χ0n) is 11.1. The van der Waals surface area contributed by atoms with E-state index in [2.05, 4.69) is 22.5 Å². The predicted molar refractivity (Wildman–Crippen MR) is 74.4 cm³/mol. The van der Waals surface area contributed by atoms with Gasteiger partial charge in [0.15, 0.2) is 0 Å². The number of benzene rings is 1. The van der Waals surface area contributed by atoms with Crippen LogP contribution in [0.2, 0.25) is 0 Å². The Morgan fingerprint density at radius 1 is 1.33 bits per heavy atom. The molecule has 0 unspecified atom stereocenters. The second-order valence-corrected chi connectivity index (χ2v) is 4.53. The number of hydrogen-bond donors (Lipinski definition) is 1. The number of imidazole rings is 1. The number of nitrogen functional groups attached to an aromatic ring is 1. The molecule has 4 heteroatoms. The standard InChI is InChI=1S/C14H21N3O/c1-3-4-5-9-17-12-8-6-7-11(15)14(12)16-13(17)10-18-2/h6-8H,3-5,9-10,15H2,1-2H3. The van der Waals surface area contributed by atoms with Crippen LogP contribution in [0.15, 0.2) is 18.2 Å². The highest BCUT2D eigenvalue weighted by Crippen LogP contribution is 2.22. The Morgan fingerprint density at radius 3 is 2.89 bits per heavy atom. The summed E-state index contributed by atoms with van der Waals surface area (Å²) < 4.78 is 7.45. The van der Waals surface area contributed by atoms with Gasteiger partial charge in [0.2, 0.25) is 0 Å². The molecular weight excluding hydrogens is 226 g/mol. The van der Waals surface area contributed by atoms with Crippen LogP contribution in [-0.4, -0.2) is 16.7 Å². The Labute approximate surface area is 108 Å². The summed E-state index contributed by atoms with van der Waals surface area (Å²) in [5, 5.41) is 0. The molecule has 0 aliphatic carbocycles. The van der Waals surface area contributed by atoms with Crippen LogP contribution < -0.4 is 5.73 Å². The van der Waals surface area contributed by atoms with Gasteiger partial charge in [0, 0.05) is 13.7 Å². The zero-order chi connectivity index (χ0) is 13.0. The molecule has 0 bridgehead atoms. The van der Waals surface area contributed by atoms with E-state index in [1.165, 1.54) is 12.8 Å². The maximum atomic E-state index is 5.97. The summed E-state index contributed by atoms with van der Waals surface area (Å²) in [6.07, 6.45) is 3.61. The first-order chi connectivity index (χ1) is 8.77. The Kier molecular flexibility index (Phi) is 4.20. The van der Waals surface area contributed by atoms with Gasteiger partial charge in [-0.25, -0.2) is 4.98 Å². The van der Waals surface area contributed by atoms with E-state index in [4.69, 9.17) is 10.5 Å². The van der Waals surface area contributed by atoms with E-state index in [9.17, 15) is 0 Å². The lowest BCUT2D eigenvalue weighted by Crippen LogP contribution is -2.05. The highest BCUT2D eigenvalue weighted by molar-refractivity contribution is 5.87. The number of aryl methyl sites for hydroxylation is 1. The number of methoxy groups -OCH3 is 1. The minimum atomic E-state index is 0.528. The van der Waals surface area contributed by atoms with Crippen molar-refractivity contribution in [3.8, 4) is 0 Å². The third-order valence-electron chi connectivity index (χ3n) is 3.15. The number of rotatable bonds is 6. The van der Waals surface area contributed by atoms with Gasteiger partial charge in [-0.05, 0) is 18.6 Å². The van der Waals surface area contributed by atoms with Crippen molar-refractivity contribution in [3.05, 3.63) is 24.0 Å². The van der Waals surface area contributed by atoms with Crippen molar-refractivity contribution in [2.45, 2.75) is 39.3 Å². The smallest absolute Gasteiger partial charge is 0.136 e. The van der Waals surface area contributed by atoms with Crippen LogP contribution in [0.25, 0.3) is 11.0 Å². The van der Waals surface area contributed by atoms with Gasteiger partial charge in [-0.15, -0.1) is 0 Å². The van der Waals surface area contributed by atoms with Gasteiger partial charge in [-0.2, -0.15) is 0 Å². The molecule has 0 aliphatic heterocycles. The van der Waals surface area contributed by atoms with Crippen LogP contribution >= 0.6 is 0 Å². The van der Waals surface area contributed by atoms with Crippen molar-refractivity contribution in [1.29, 1.82) is 0 Å². The molecule has 0 saturated carbocycles. The molecule has 0 saturated heterocycles. The van der Waals surface area contributed by atoms with Crippen LogP contribution in [0.4, 0.5) is 5.69 Å². The summed E-state index contributed by atoms with van der Waals surface area (Å²) >= 11 is 0. The minimum absolute atomic E-state index is 0.528. The zero-order valence-corrected chi connectivity index (χ0v) is 11.1. The van der Waals surface area contributed by atoms with E-state index in [0.717, 1.165) is 35.5 Å². The number of fused-ring (bicyclic) bond motifs is 1. The number of unbranched alkanes of at least 4 members (excludes halogenated alkanes) is 2. The summed E-state index contributed by atoms with van der Waals surface area (Å²) in [5.74, 6) is 0.960. The Balaban J connectivity index is 2.39. The fourth-order valence-corrected chi connectivity index (χ4v) is 2.23. The lowest BCUT2D eigenvalue weighted by molar-refractivity contribution is 0.174. The molecule has 1 heterocycles. The topological polar surface area (TPSA) is 53.1 Å². The second kappa shape index (κ2) is 5.87. The summed E-state index contributed by atoms with van der Waals surface area (Å²) in [4.78, 5) is 4.59. The number of aromatic nitrogens is 2. The van der Waals surface area contributed by atoms with Gasteiger partial charge in [-0.3, -0.25) is 0 Å². The van der Waals surface area contributed by atoms with Crippen molar-refractivity contribution in [2.75, 3.05) is 12.8 Å². The van der Waals surface area contributed by atoms with Crippen molar-refractivity contribution < 1.29 is 4.74 Å². The quantitative estimate of drug-likeness (QED) is 0.630. The van der Waals surface area contributed by atoms with Crippen molar-refractivity contribution in [3.63, 3.8) is 0 Å². The average molecular weight is 247 g/mol. The Bertz CT molecular complexity index is 519. The number of ether oxygens (including phenoxy) is 1. The van der Waals surface area contributed by atoms with Crippen molar-refractivity contribution in [1.82, 2.24) is 9.55 Å². The highest BCUT2D eigenvalue weighted by Gasteiger charge is 2.11. The highest BCUT2D eigenvalue weighted by atomic mass is 16.5. The number of para-hydroxylation sites is 1. The first-order valence-corrected chi connectivity index (χ1v) is 6.50. The Morgan fingerprint density at radius 2 is 2.17 bits per heavy atom. The minimum Gasteiger partial charge on any atom is -0.397 e. The molecule has 98 valence electrons. The molecule has 0 amide bonds. The molecule has 0 radical (unpaired) electrons. The van der Waals surface area contributed by atoms with Crippen molar-refractivity contribution in [2.24, 2.45) is 0 Å². The monoisotopic (exact) mass is 247 g/mol. The number of anilines is 1. The molecule has 2 N–H and O–H groups in total. The van der Waals surface area contributed by atoms with Crippen LogP contribution in [-0.2, 0) is 17.9 Å². The summed E-state index contributed by atoms with van der Waals surface area (Å²) in [6.45, 7) is 3.72. The molecular formula is C14H21N3O. The van der Waals surface area contributed by atoms with E-state index in [-0.39, 0.29) is 0 Å². The van der Waals surface area contributed by atoms with Crippen LogP contribution in [0.3, 0.4) is 0 Å². The molecule has 4 nitrogen and oxygen atoms in total. The maximum absolute atomic E-state index is 5.97. The molecule has 0 atom stereocenters. The molecule has 0 aliphatic rings. The normalized spacial score (nSPS) is 11.2. The lowest BCUT2D eigenvalue weighted by atomic mass is 10.2. The molecule has 0 spiro atoms. The molecule has 0 fully saturated rings. The second-order valence-electron chi connectivity index (χ2n) is 4.53. The first-order valence-electron chi connectivity index (χ1n) is 6.50. The Hall–Kier alpha value is -1.55. The molecule has 2 rings (SSSR count). The fourth-order valence-electron chi connectivity index (χ4n) is 2.23. The number of nitrogens with zero attached hydrogens (tertiary/aromatic N) is 2. The van der Waals surface area contributed by atoms with Gasteiger partial charge < -0.3 is 15.0 Å². The van der Waals surface area contributed by atoms with Gasteiger partial charge in [0.25, 0.3) is 0 Å². The first kappa shape index (κ1) is 12.9. The van der Waals surface area contributed by atoms with E-state index in [1.807, 2.05) is 12.1 Å². The van der Waals surface area contributed by atoms with Gasteiger partial charge in [0.05, 0.1) is 11.2 Å². The van der Waals surface area contributed by atoms with Crippen molar-refractivity contribution >= 4 is 16.7 Å². The summed E-state index contributed by atoms with van der Waals surface area (Å²) in [6, 6.07) is 5.94. The molecule has 1 aromatic carbocycles. The predicted octanol–water partition coefficient (Wildman–Crippen LogP) is 2.96. The van der Waals surface area contributed by atoms with Gasteiger partial charge in [0.1, 0.15) is 17.9 Å². The van der Waals surface area contributed by atoms with E-state index in [0.29, 0.717) is 6.61 Å². The number of nitrogens with two attached hydrogens (primary N) is 1. The van der Waals surface area contributed by atoms with Crippen LogP contribution in [0, 0.1) is 0 Å². The fraction of sp³-hybridized carbons (Fsp3) is 0.500. The third kappa shape index (κ3) is 2.48. The molecule has 18 heavy (non-hydrogen) atoms. The van der Waals surface area contributed by atoms with Gasteiger partial charge >= 0.3 is 0 Å². The average Bonchev–Trinajstić information content (AvgIpc) is 2.70. The van der Waals surface area contributed by atoms with E-state index in [1.54, 1.807) is 7.11 Å². The van der Waals surface area contributed by atoms with Gasteiger partial charge in [-0.1, -0.05) is 25.8 Å². The largest absolute Gasteiger partial charge is 0.397 e. The van der Waals surface area contributed by atoms with E-state index < -0.39 is 0 Å². The summed E-state index contributed by atoms with van der Waals surface area (Å²) in [5.41, 5.74) is 8.71. The lowest BCUT2D eigenvalue weighted by Gasteiger charge is -2.08. The molecule has 1 aromatic heterocycles. The molecule has 2 aromatic rings. The third-order valence-corrected chi connectivity index (χ3v) is 3.15. The summed E-state index contributed by atoms with van der Waals surface area (Å²) in [7, 11) is 1.69.